The summed E-state index contributed by atoms with van der Waals surface area (Å²) in [5, 5.41) is 6.67. The highest BCUT2D eigenvalue weighted by Gasteiger charge is 2.22. The molecule has 1 aromatic heterocycles. The SMILES string of the molecule is Cc1noc(CCC(=O)NC2CCCOc3cc(F)ccc32)n1. The number of aryl methyl sites for hydroxylation is 2. The lowest BCUT2D eigenvalue weighted by molar-refractivity contribution is -0.121. The van der Waals surface area contributed by atoms with Crippen LogP contribution in [0, 0.1) is 12.7 Å². The van der Waals surface area contributed by atoms with Crippen LogP contribution in [0.2, 0.25) is 0 Å². The molecule has 2 aromatic rings. The van der Waals surface area contributed by atoms with E-state index in [2.05, 4.69) is 15.5 Å². The van der Waals surface area contributed by atoms with E-state index in [9.17, 15) is 9.18 Å². The van der Waals surface area contributed by atoms with Crippen molar-refractivity contribution >= 4 is 5.91 Å². The average molecular weight is 319 g/mol. The van der Waals surface area contributed by atoms with Crippen molar-refractivity contribution in [3.63, 3.8) is 0 Å². The van der Waals surface area contributed by atoms with Gasteiger partial charge in [0.15, 0.2) is 5.82 Å². The Morgan fingerprint density at radius 1 is 1.48 bits per heavy atom. The van der Waals surface area contributed by atoms with Gasteiger partial charge in [0.2, 0.25) is 11.8 Å². The summed E-state index contributed by atoms with van der Waals surface area (Å²) in [6.07, 6.45) is 2.20. The Labute approximate surface area is 133 Å². The molecular formula is C16H18FN3O3. The third kappa shape index (κ3) is 3.85. The van der Waals surface area contributed by atoms with Crippen molar-refractivity contribution in [3.8, 4) is 5.75 Å². The lowest BCUT2D eigenvalue weighted by Gasteiger charge is -2.18. The van der Waals surface area contributed by atoms with Crippen LogP contribution in [0.15, 0.2) is 22.7 Å². The fourth-order valence-corrected chi connectivity index (χ4v) is 2.62. The van der Waals surface area contributed by atoms with E-state index in [-0.39, 0.29) is 24.2 Å². The zero-order valence-corrected chi connectivity index (χ0v) is 12.8. The minimum Gasteiger partial charge on any atom is -0.493 e. The molecule has 1 N–H and O–H groups in total. The van der Waals surface area contributed by atoms with E-state index < -0.39 is 0 Å². The summed E-state index contributed by atoms with van der Waals surface area (Å²) in [7, 11) is 0. The molecule has 1 aromatic carbocycles. The van der Waals surface area contributed by atoms with E-state index in [0.717, 1.165) is 18.4 Å². The first-order valence-electron chi connectivity index (χ1n) is 7.62. The Bertz CT molecular complexity index is 702. The predicted molar refractivity (Wildman–Crippen MR) is 79.4 cm³/mol. The van der Waals surface area contributed by atoms with Gasteiger partial charge in [-0.1, -0.05) is 11.2 Å². The fourth-order valence-electron chi connectivity index (χ4n) is 2.62. The number of hydrogen-bond donors (Lipinski definition) is 1. The van der Waals surface area contributed by atoms with Gasteiger partial charge in [0.05, 0.1) is 12.6 Å². The first-order valence-corrected chi connectivity index (χ1v) is 7.62. The van der Waals surface area contributed by atoms with E-state index in [4.69, 9.17) is 9.26 Å². The molecule has 0 saturated carbocycles. The summed E-state index contributed by atoms with van der Waals surface area (Å²) in [5.41, 5.74) is 0.811. The van der Waals surface area contributed by atoms with Crippen molar-refractivity contribution in [3.05, 3.63) is 41.3 Å². The van der Waals surface area contributed by atoms with Gasteiger partial charge in [0.25, 0.3) is 0 Å². The highest BCUT2D eigenvalue weighted by Crippen LogP contribution is 2.32. The molecule has 0 aliphatic carbocycles. The lowest BCUT2D eigenvalue weighted by atomic mass is 10.0. The molecule has 7 heteroatoms. The van der Waals surface area contributed by atoms with Crippen LogP contribution in [-0.2, 0) is 11.2 Å². The largest absolute Gasteiger partial charge is 0.493 e. The van der Waals surface area contributed by atoms with Gasteiger partial charge in [-0.3, -0.25) is 4.79 Å². The summed E-state index contributed by atoms with van der Waals surface area (Å²) >= 11 is 0. The van der Waals surface area contributed by atoms with Crippen LogP contribution in [0.1, 0.15) is 42.6 Å². The maximum atomic E-state index is 13.3. The predicted octanol–water partition coefficient (Wildman–Crippen LogP) is 2.48. The number of aromatic nitrogens is 2. The highest BCUT2D eigenvalue weighted by molar-refractivity contribution is 5.76. The van der Waals surface area contributed by atoms with Crippen molar-refractivity contribution in [1.29, 1.82) is 0 Å². The Hall–Kier alpha value is -2.44. The number of carbonyl (C=O) groups is 1. The van der Waals surface area contributed by atoms with Gasteiger partial charge < -0.3 is 14.6 Å². The second-order valence-electron chi connectivity index (χ2n) is 5.53. The summed E-state index contributed by atoms with van der Waals surface area (Å²) in [5.74, 6) is 1.05. The molecule has 23 heavy (non-hydrogen) atoms. The molecule has 2 heterocycles. The minimum atomic E-state index is -0.345. The van der Waals surface area contributed by atoms with E-state index >= 15 is 0 Å². The molecule has 1 atom stereocenters. The maximum Gasteiger partial charge on any atom is 0.227 e. The van der Waals surface area contributed by atoms with Gasteiger partial charge in [0.1, 0.15) is 11.6 Å². The number of ether oxygens (including phenoxy) is 1. The Morgan fingerprint density at radius 3 is 3.13 bits per heavy atom. The van der Waals surface area contributed by atoms with Crippen LogP contribution in [0.3, 0.4) is 0 Å². The molecule has 0 spiro atoms. The molecule has 6 nitrogen and oxygen atoms in total. The number of hydrogen-bond acceptors (Lipinski definition) is 5. The van der Waals surface area contributed by atoms with E-state index in [0.29, 0.717) is 30.5 Å². The van der Waals surface area contributed by atoms with Crippen LogP contribution in [-0.4, -0.2) is 22.7 Å². The molecular weight excluding hydrogens is 301 g/mol. The zero-order chi connectivity index (χ0) is 16.2. The van der Waals surface area contributed by atoms with Gasteiger partial charge >= 0.3 is 0 Å². The normalized spacial score (nSPS) is 17.0. The molecule has 1 aliphatic heterocycles. The molecule has 1 aliphatic rings. The molecule has 0 fully saturated rings. The van der Waals surface area contributed by atoms with E-state index in [1.807, 2.05) is 0 Å². The summed E-state index contributed by atoms with van der Waals surface area (Å²) in [4.78, 5) is 16.2. The van der Waals surface area contributed by atoms with Crippen molar-refractivity contribution in [2.24, 2.45) is 0 Å². The molecule has 0 saturated heterocycles. The summed E-state index contributed by atoms with van der Waals surface area (Å²) in [6.45, 7) is 2.25. The number of rotatable bonds is 4. The molecule has 1 unspecified atom stereocenters. The Kier molecular flexibility index (Phi) is 4.55. The summed E-state index contributed by atoms with van der Waals surface area (Å²) < 4.78 is 23.9. The first kappa shape index (κ1) is 15.5. The number of nitrogens with one attached hydrogen (secondary N) is 1. The topological polar surface area (TPSA) is 77.2 Å². The van der Waals surface area contributed by atoms with Crippen LogP contribution >= 0.6 is 0 Å². The van der Waals surface area contributed by atoms with Crippen LogP contribution in [0.5, 0.6) is 5.75 Å². The standard InChI is InChI=1S/C16H18FN3O3/c1-10-18-16(23-20-10)7-6-15(21)19-13-3-2-8-22-14-9-11(17)4-5-12(13)14/h4-5,9,13H,2-3,6-8H2,1H3,(H,19,21). The molecule has 122 valence electrons. The fraction of sp³-hybridized carbons (Fsp3) is 0.438. The smallest absolute Gasteiger partial charge is 0.227 e. The van der Waals surface area contributed by atoms with Crippen molar-refractivity contribution in [1.82, 2.24) is 15.5 Å². The van der Waals surface area contributed by atoms with Crippen LogP contribution in [0.4, 0.5) is 4.39 Å². The van der Waals surface area contributed by atoms with Crippen LogP contribution in [0.25, 0.3) is 0 Å². The highest BCUT2D eigenvalue weighted by atomic mass is 19.1. The molecule has 0 bridgehead atoms. The number of nitrogens with zero attached hydrogens (tertiary/aromatic N) is 2. The van der Waals surface area contributed by atoms with Gasteiger partial charge in [-0.25, -0.2) is 4.39 Å². The quantitative estimate of drug-likeness (QED) is 0.937. The number of amides is 1. The average Bonchev–Trinajstić information content (AvgIpc) is 2.84. The van der Waals surface area contributed by atoms with Crippen molar-refractivity contribution in [2.75, 3.05) is 6.61 Å². The second-order valence-corrected chi connectivity index (χ2v) is 5.53. The monoisotopic (exact) mass is 319 g/mol. The third-order valence-corrected chi connectivity index (χ3v) is 3.72. The van der Waals surface area contributed by atoms with Crippen molar-refractivity contribution in [2.45, 2.75) is 38.6 Å². The van der Waals surface area contributed by atoms with Crippen LogP contribution < -0.4 is 10.1 Å². The minimum absolute atomic E-state index is 0.108. The Balaban J connectivity index is 1.64. The molecule has 3 rings (SSSR count). The molecule has 0 radical (unpaired) electrons. The third-order valence-electron chi connectivity index (χ3n) is 3.72. The lowest BCUT2D eigenvalue weighted by Crippen LogP contribution is -2.28. The van der Waals surface area contributed by atoms with Crippen molar-refractivity contribution < 1.29 is 18.4 Å². The number of benzene rings is 1. The van der Waals surface area contributed by atoms with E-state index in [1.165, 1.54) is 12.1 Å². The molecule has 1 amide bonds. The number of halogens is 1. The van der Waals surface area contributed by atoms with Gasteiger partial charge in [-0.05, 0) is 25.8 Å². The summed E-state index contributed by atoms with van der Waals surface area (Å²) in [6, 6.07) is 4.24. The Morgan fingerprint density at radius 2 is 2.35 bits per heavy atom. The van der Waals surface area contributed by atoms with E-state index in [1.54, 1.807) is 13.0 Å². The first-order chi connectivity index (χ1) is 11.1. The second kappa shape index (κ2) is 6.76. The number of carbonyl (C=O) groups excluding carboxylic acids is 1. The van der Waals surface area contributed by atoms with Gasteiger partial charge in [-0.2, -0.15) is 4.98 Å². The number of fused-ring (bicyclic) bond motifs is 1. The zero-order valence-electron chi connectivity index (χ0n) is 12.8. The van der Waals surface area contributed by atoms with Gasteiger partial charge in [-0.15, -0.1) is 0 Å². The van der Waals surface area contributed by atoms with Gasteiger partial charge in [0, 0.05) is 24.5 Å². The maximum absolute atomic E-state index is 13.3.